The van der Waals surface area contributed by atoms with Crippen LogP contribution in [0.5, 0.6) is 17.2 Å². The van der Waals surface area contributed by atoms with Crippen LogP contribution in [0.1, 0.15) is 0 Å². The maximum Gasteiger partial charge on any atom is 0.203 e. The quantitative estimate of drug-likeness (QED) is 0.721. The molecule has 0 aliphatic rings. The van der Waals surface area contributed by atoms with Gasteiger partial charge in [0.15, 0.2) is 11.5 Å². The topological polar surface area (TPSA) is 27.7 Å². The van der Waals surface area contributed by atoms with E-state index in [1.54, 1.807) is 0 Å². The molecule has 13 heavy (non-hydrogen) atoms. The second-order valence-corrected chi connectivity index (χ2v) is 2.34. The first kappa shape index (κ1) is 9.64. The molecule has 0 heterocycles. The molecular weight excluding hydrogens is 175 g/mol. The minimum Gasteiger partial charge on any atom is -0.493 e. The van der Waals surface area contributed by atoms with Gasteiger partial charge in [0.2, 0.25) is 5.75 Å². The Kier molecular flexibility index (Phi) is 2.95. The molecule has 0 saturated carbocycles. The molecule has 72 valence electrons. The van der Waals surface area contributed by atoms with Crippen LogP contribution in [-0.4, -0.2) is 21.3 Å². The van der Waals surface area contributed by atoms with Gasteiger partial charge < -0.3 is 14.2 Å². The molecule has 0 unspecified atom stereocenters. The van der Waals surface area contributed by atoms with E-state index in [-0.39, 0.29) is 0 Å². The largest absolute Gasteiger partial charge is 0.493 e. The van der Waals surface area contributed by atoms with Gasteiger partial charge in [0.1, 0.15) is 5.82 Å². The van der Waals surface area contributed by atoms with Gasteiger partial charge in [0, 0.05) is 12.1 Å². The molecule has 0 aromatic heterocycles. The average molecular weight is 186 g/mol. The van der Waals surface area contributed by atoms with Crippen molar-refractivity contribution in [3.63, 3.8) is 0 Å². The normalized spacial score (nSPS) is 9.54. The highest BCUT2D eigenvalue weighted by molar-refractivity contribution is 5.51. The second-order valence-electron chi connectivity index (χ2n) is 2.34. The van der Waals surface area contributed by atoms with Gasteiger partial charge in [0.25, 0.3) is 0 Å². The Bertz CT molecular complexity index is 274. The van der Waals surface area contributed by atoms with Crippen molar-refractivity contribution in [1.82, 2.24) is 0 Å². The molecule has 0 bridgehead atoms. The number of hydrogen-bond donors (Lipinski definition) is 0. The highest BCUT2D eigenvalue weighted by Crippen LogP contribution is 2.37. The molecular formula is C9H11FO3. The van der Waals surface area contributed by atoms with E-state index in [2.05, 4.69) is 0 Å². The van der Waals surface area contributed by atoms with Crippen LogP contribution in [0.15, 0.2) is 12.1 Å². The van der Waals surface area contributed by atoms with Gasteiger partial charge in [-0.15, -0.1) is 0 Å². The van der Waals surface area contributed by atoms with E-state index in [4.69, 9.17) is 14.2 Å². The summed E-state index contributed by atoms with van der Waals surface area (Å²) in [5, 5.41) is 0. The van der Waals surface area contributed by atoms with Crippen LogP contribution >= 0.6 is 0 Å². The van der Waals surface area contributed by atoms with Crippen LogP contribution in [0.25, 0.3) is 0 Å². The molecule has 1 aromatic carbocycles. The van der Waals surface area contributed by atoms with Crippen LogP contribution in [0.2, 0.25) is 0 Å². The first-order chi connectivity index (χ1) is 6.22. The smallest absolute Gasteiger partial charge is 0.203 e. The Labute approximate surface area is 76.0 Å². The minimum atomic E-state index is -0.422. The van der Waals surface area contributed by atoms with E-state index in [9.17, 15) is 4.39 Å². The zero-order valence-electron chi connectivity index (χ0n) is 7.76. The molecule has 0 spiro atoms. The molecule has 0 aliphatic carbocycles. The van der Waals surface area contributed by atoms with Crippen molar-refractivity contribution in [3.8, 4) is 17.2 Å². The lowest BCUT2D eigenvalue weighted by Gasteiger charge is -2.11. The standard InChI is InChI=1S/C9H11FO3/c1-11-7-4-6(10)5-8(12-2)9(7)13-3/h4-5H,1-3H3. The Hall–Kier alpha value is -1.45. The Morgan fingerprint density at radius 3 is 1.69 bits per heavy atom. The summed E-state index contributed by atoms with van der Waals surface area (Å²) in [6.45, 7) is 0. The van der Waals surface area contributed by atoms with E-state index in [0.29, 0.717) is 17.2 Å². The summed E-state index contributed by atoms with van der Waals surface area (Å²) in [7, 11) is 4.35. The van der Waals surface area contributed by atoms with Gasteiger partial charge in [-0.1, -0.05) is 0 Å². The highest BCUT2D eigenvalue weighted by atomic mass is 19.1. The van der Waals surface area contributed by atoms with Gasteiger partial charge in [-0.2, -0.15) is 0 Å². The average Bonchev–Trinajstić information content (AvgIpc) is 2.16. The lowest BCUT2D eigenvalue weighted by Crippen LogP contribution is -1.95. The fourth-order valence-electron chi connectivity index (χ4n) is 1.05. The Morgan fingerprint density at radius 2 is 1.38 bits per heavy atom. The molecule has 0 N–H and O–H groups in total. The van der Waals surface area contributed by atoms with Crippen molar-refractivity contribution >= 4 is 0 Å². The van der Waals surface area contributed by atoms with Crippen LogP contribution in [-0.2, 0) is 0 Å². The molecule has 0 fully saturated rings. The molecule has 0 radical (unpaired) electrons. The van der Waals surface area contributed by atoms with Crippen molar-refractivity contribution in [3.05, 3.63) is 17.9 Å². The van der Waals surface area contributed by atoms with Crippen LogP contribution < -0.4 is 14.2 Å². The monoisotopic (exact) mass is 186 g/mol. The lowest BCUT2D eigenvalue weighted by atomic mass is 10.3. The number of methoxy groups -OCH3 is 3. The van der Waals surface area contributed by atoms with E-state index in [0.717, 1.165) is 0 Å². The molecule has 3 nitrogen and oxygen atoms in total. The fraction of sp³-hybridized carbons (Fsp3) is 0.333. The molecule has 0 aliphatic heterocycles. The van der Waals surface area contributed by atoms with Crippen molar-refractivity contribution in [2.24, 2.45) is 0 Å². The Balaban J connectivity index is 3.25. The zero-order valence-corrected chi connectivity index (χ0v) is 7.76. The van der Waals surface area contributed by atoms with Gasteiger partial charge in [-0.25, -0.2) is 4.39 Å². The molecule has 0 saturated heterocycles. The Morgan fingerprint density at radius 1 is 0.923 bits per heavy atom. The summed E-state index contributed by atoms with van der Waals surface area (Å²) < 4.78 is 27.7. The molecule has 0 atom stereocenters. The van der Waals surface area contributed by atoms with Crippen LogP contribution in [0.3, 0.4) is 0 Å². The van der Waals surface area contributed by atoms with Crippen LogP contribution in [0.4, 0.5) is 4.39 Å². The summed E-state index contributed by atoms with van der Waals surface area (Å²) in [6.07, 6.45) is 0. The van der Waals surface area contributed by atoms with Crippen LogP contribution in [0, 0.1) is 5.82 Å². The molecule has 1 rings (SSSR count). The van der Waals surface area contributed by atoms with E-state index in [1.165, 1.54) is 33.5 Å². The first-order valence-electron chi connectivity index (χ1n) is 3.68. The zero-order chi connectivity index (χ0) is 9.84. The summed E-state index contributed by atoms with van der Waals surface area (Å²) in [4.78, 5) is 0. The fourth-order valence-corrected chi connectivity index (χ4v) is 1.05. The minimum absolute atomic E-state index is 0.319. The number of ether oxygens (including phenoxy) is 3. The highest BCUT2D eigenvalue weighted by Gasteiger charge is 2.12. The van der Waals surface area contributed by atoms with E-state index in [1.807, 2.05) is 0 Å². The SMILES string of the molecule is COc1cc(F)cc(OC)c1OC. The summed E-state index contributed by atoms with van der Waals surface area (Å²) in [5.41, 5.74) is 0. The molecule has 0 amide bonds. The summed E-state index contributed by atoms with van der Waals surface area (Å²) in [5.74, 6) is 0.611. The van der Waals surface area contributed by atoms with Gasteiger partial charge in [-0.3, -0.25) is 0 Å². The number of halogens is 1. The number of hydrogen-bond acceptors (Lipinski definition) is 3. The molecule has 1 aromatic rings. The molecule has 4 heteroatoms. The first-order valence-corrected chi connectivity index (χ1v) is 3.68. The third-order valence-electron chi connectivity index (χ3n) is 1.63. The number of rotatable bonds is 3. The van der Waals surface area contributed by atoms with Crippen molar-refractivity contribution in [2.45, 2.75) is 0 Å². The summed E-state index contributed by atoms with van der Waals surface area (Å²) in [6, 6.07) is 2.47. The van der Waals surface area contributed by atoms with E-state index >= 15 is 0 Å². The van der Waals surface area contributed by atoms with Crippen molar-refractivity contribution in [1.29, 1.82) is 0 Å². The predicted molar refractivity (Wildman–Crippen MR) is 46.1 cm³/mol. The van der Waals surface area contributed by atoms with E-state index < -0.39 is 5.82 Å². The predicted octanol–water partition coefficient (Wildman–Crippen LogP) is 1.85. The third kappa shape index (κ3) is 1.83. The van der Waals surface area contributed by atoms with Crippen molar-refractivity contribution < 1.29 is 18.6 Å². The third-order valence-corrected chi connectivity index (χ3v) is 1.63. The maximum atomic E-state index is 12.9. The summed E-state index contributed by atoms with van der Waals surface area (Å²) >= 11 is 0. The lowest BCUT2D eigenvalue weighted by molar-refractivity contribution is 0.321. The van der Waals surface area contributed by atoms with Gasteiger partial charge in [-0.05, 0) is 0 Å². The van der Waals surface area contributed by atoms with Gasteiger partial charge in [0.05, 0.1) is 21.3 Å². The number of benzene rings is 1. The second kappa shape index (κ2) is 3.98. The van der Waals surface area contributed by atoms with Crippen molar-refractivity contribution in [2.75, 3.05) is 21.3 Å². The maximum absolute atomic E-state index is 12.9. The van der Waals surface area contributed by atoms with Gasteiger partial charge >= 0.3 is 0 Å².